The number of furan rings is 2. The van der Waals surface area contributed by atoms with Gasteiger partial charge in [-0.2, -0.15) is 0 Å². The summed E-state index contributed by atoms with van der Waals surface area (Å²) in [5.41, 5.74) is 15.2. The molecule has 0 fully saturated rings. The molecule has 58 heavy (non-hydrogen) atoms. The lowest BCUT2D eigenvalue weighted by Crippen LogP contribution is -2.17. The van der Waals surface area contributed by atoms with Crippen LogP contribution in [-0.4, -0.2) is 0 Å². The summed E-state index contributed by atoms with van der Waals surface area (Å²) in [7, 11) is 0. The first-order valence-electron chi connectivity index (χ1n) is 19.9. The fourth-order valence-corrected chi connectivity index (χ4v) is 9.19. The number of para-hydroxylation sites is 2. The van der Waals surface area contributed by atoms with Gasteiger partial charge in [0.25, 0.3) is 0 Å². The van der Waals surface area contributed by atoms with Crippen molar-refractivity contribution in [1.82, 2.24) is 0 Å². The maximum Gasteiger partial charge on any atom is 0.142 e. The molecule has 10 aromatic rings. The first kappa shape index (κ1) is 33.9. The maximum absolute atomic E-state index is 6.80. The minimum atomic E-state index is -0.155. The number of allylic oxidation sites excluding steroid dienone is 2. The Balaban J connectivity index is 1.08. The molecule has 276 valence electrons. The Bertz CT molecular complexity index is 3280. The predicted molar refractivity (Wildman–Crippen MR) is 242 cm³/mol. The summed E-state index contributed by atoms with van der Waals surface area (Å²) in [4.78, 5) is 2.39. The molecule has 0 amide bonds. The predicted octanol–water partition coefficient (Wildman–Crippen LogP) is 15.5. The van der Waals surface area contributed by atoms with E-state index in [9.17, 15) is 0 Å². The van der Waals surface area contributed by atoms with Crippen molar-refractivity contribution in [2.75, 3.05) is 4.90 Å². The molecule has 8 aromatic carbocycles. The van der Waals surface area contributed by atoms with Crippen molar-refractivity contribution in [3.8, 4) is 22.3 Å². The Kier molecular flexibility index (Phi) is 7.67. The van der Waals surface area contributed by atoms with E-state index in [0.29, 0.717) is 0 Å². The number of rotatable bonds is 7. The number of hydrogen-bond donors (Lipinski definition) is 0. The van der Waals surface area contributed by atoms with E-state index in [1.54, 1.807) is 0 Å². The zero-order valence-corrected chi connectivity index (χ0v) is 32.4. The summed E-state index contributed by atoms with van der Waals surface area (Å²) >= 11 is 0. The SMILES string of the molecule is C=C/C=C(\c1cc2ccc3ccccc3c2o1)c1ccccc1N(c1ccc(-c2ccc3oc4ccccc4c3c2)cc1)c1ccc2c(c1)C(C)(C)c1ccccc1-2. The van der Waals surface area contributed by atoms with Gasteiger partial charge in [0, 0.05) is 49.5 Å². The second-order valence-electron chi connectivity index (χ2n) is 15.7. The molecule has 2 heterocycles. The minimum absolute atomic E-state index is 0.155. The molecular formula is C55H39NO2. The average molecular weight is 746 g/mol. The molecule has 3 nitrogen and oxygen atoms in total. The highest BCUT2D eigenvalue weighted by molar-refractivity contribution is 6.07. The number of benzene rings is 8. The van der Waals surface area contributed by atoms with Crippen LogP contribution in [0.5, 0.6) is 0 Å². The fraction of sp³-hybridized carbons (Fsp3) is 0.0545. The molecule has 0 saturated carbocycles. The van der Waals surface area contributed by atoms with Crippen LogP contribution in [-0.2, 0) is 5.41 Å². The molecule has 2 aromatic heterocycles. The van der Waals surface area contributed by atoms with Gasteiger partial charge in [0.1, 0.15) is 22.5 Å². The van der Waals surface area contributed by atoms with Crippen molar-refractivity contribution in [2.24, 2.45) is 0 Å². The molecule has 0 unspecified atom stereocenters. The van der Waals surface area contributed by atoms with Gasteiger partial charge in [0.05, 0.1) is 5.69 Å². The van der Waals surface area contributed by atoms with Gasteiger partial charge in [-0.15, -0.1) is 0 Å². The molecular weight excluding hydrogens is 707 g/mol. The Morgan fingerprint density at radius 2 is 1.22 bits per heavy atom. The monoisotopic (exact) mass is 745 g/mol. The number of anilines is 3. The molecule has 0 atom stereocenters. The lowest BCUT2D eigenvalue weighted by atomic mass is 9.82. The first-order chi connectivity index (χ1) is 28.5. The smallest absolute Gasteiger partial charge is 0.142 e. The summed E-state index contributed by atoms with van der Waals surface area (Å²) in [6.45, 7) is 8.83. The van der Waals surface area contributed by atoms with Gasteiger partial charge in [0.2, 0.25) is 0 Å². The quantitative estimate of drug-likeness (QED) is 0.152. The van der Waals surface area contributed by atoms with Crippen LogP contribution in [0, 0.1) is 0 Å². The molecule has 0 radical (unpaired) electrons. The first-order valence-corrected chi connectivity index (χ1v) is 19.9. The average Bonchev–Trinajstić information content (AvgIpc) is 3.94. The van der Waals surface area contributed by atoms with Crippen molar-refractivity contribution in [1.29, 1.82) is 0 Å². The van der Waals surface area contributed by atoms with Gasteiger partial charge in [-0.05, 0) is 93.4 Å². The Morgan fingerprint density at radius 1 is 0.534 bits per heavy atom. The standard InChI is InChI=1S/C55H39NO2/c1-4-13-45(53-33-38-23-22-36-14-5-6-15-41(36)54(38)58-53)44-17-8-11-20-50(44)56(40-29-30-43-42-16-7-10-19-48(42)55(2,3)49(43)34-40)39-27-24-35(25-28-39)37-26-31-52-47(32-37)46-18-9-12-21-51(46)57-52/h4-34H,1H2,2-3H3/b45-13-. The van der Waals surface area contributed by atoms with E-state index in [1.807, 2.05) is 18.2 Å². The van der Waals surface area contributed by atoms with E-state index in [0.717, 1.165) is 88.8 Å². The van der Waals surface area contributed by atoms with E-state index < -0.39 is 0 Å². The Labute approximate surface area is 337 Å². The highest BCUT2D eigenvalue weighted by atomic mass is 16.3. The molecule has 0 saturated heterocycles. The van der Waals surface area contributed by atoms with Crippen molar-refractivity contribution in [3.63, 3.8) is 0 Å². The van der Waals surface area contributed by atoms with Crippen molar-refractivity contribution < 1.29 is 8.83 Å². The van der Waals surface area contributed by atoms with Gasteiger partial charge < -0.3 is 13.7 Å². The molecule has 1 aliphatic carbocycles. The lowest BCUT2D eigenvalue weighted by molar-refractivity contribution is 0.603. The minimum Gasteiger partial charge on any atom is -0.456 e. The number of fused-ring (bicyclic) bond motifs is 9. The van der Waals surface area contributed by atoms with Crippen LogP contribution in [0.15, 0.2) is 203 Å². The van der Waals surface area contributed by atoms with Crippen LogP contribution in [0.25, 0.3) is 71.5 Å². The summed E-state index contributed by atoms with van der Waals surface area (Å²) < 4.78 is 12.9. The van der Waals surface area contributed by atoms with Crippen LogP contribution in [0.4, 0.5) is 17.1 Å². The van der Waals surface area contributed by atoms with Crippen LogP contribution in [0.1, 0.15) is 36.3 Å². The van der Waals surface area contributed by atoms with E-state index in [4.69, 9.17) is 8.83 Å². The third-order valence-corrected chi connectivity index (χ3v) is 12.1. The van der Waals surface area contributed by atoms with E-state index in [1.165, 1.54) is 22.3 Å². The van der Waals surface area contributed by atoms with Crippen LogP contribution in [0.2, 0.25) is 0 Å². The third kappa shape index (κ3) is 5.28. The zero-order chi connectivity index (χ0) is 39.0. The van der Waals surface area contributed by atoms with E-state index >= 15 is 0 Å². The van der Waals surface area contributed by atoms with E-state index in [-0.39, 0.29) is 5.41 Å². The fourth-order valence-electron chi connectivity index (χ4n) is 9.19. The summed E-state index contributed by atoms with van der Waals surface area (Å²) in [5, 5.41) is 5.56. The third-order valence-electron chi connectivity index (χ3n) is 12.1. The highest BCUT2D eigenvalue weighted by Crippen LogP contribution is 2.51. The summed E-state index contributed by atoms with van der Waals surface area (Å²) in [6, 6.07) is 62.9. The van der Waals surface area contributed by atoms with Gasteiger partial charge in [-0.25, -0.2) is 0 Å². The second kappa shape index (κ2) is 13.1. The van der Waals surface area contributed by atoms with Crippen molar-refractivity contribution in [2.45, 2.75) is 19.3 Å². The van der Waals surface area contributed by atoms with Crippen molar-refractivity contribution in [3.05, 3.63) is 217 Å². The maximum atomic E-state index is 6.80. The molecule has 0 N–H and O–H groups in total. The molecule has 1 aliphatic rings. The zero-order valence-electron chi connectivity index (χ0n) is 32.4. The Morgan fingerprint density at radius 3 is 2.10 bits per heavy atom. The Hall–Kier alpha value is -7.36. The topological polar surface area (TPSA) is 29.5 Å². The van der Waals surface area contributed by atoms with E-state index in [2.05, 4.69) is 195 Å². The summed E-state index contributed by atoms with van der Waals surface area (Å²) in [5.74, 6) is 0.793. The molecule has 3 heteroatoms. The van der Waals surface area contributed by atoms with Gasteiger partial charge in [0.15, 0.2) is 0 Å². The second-order valence-corrected chi connectivity index (χ2v) is 15.7. The number of hydrogen-bond acceptors (Lipinski definition) is 3. The normalized spacial score (nSPS) is 13.3. The van der Waals surface area contributed by atoms with Crippen LogP contribution in [0.3, 0.4) is 0 Å². The summed E-state index contributed by atoms with van der Waals surface area (Å²) in [6.07, 6.45) is 3.92. The van der Waals surface area contributed by atoms with Crippen molar-refractivity contribution >= 4 is 66.3 Å². The van der Waals surface area contributed by atoms with Crippen LogP contribution >= 0.6 is 0 Å². The van der Waals surface area contributed by atoms with Gasteiger partial charge >= 0.3 is 0 Å². The van der Waals surface area contributed by atoms with Gasteiger partial charge in [-0.3, -0.25) is 0 Å². The van der Waals surface area contributed by atoms with Gasteiger partial charge in [-0.1, -0.05) is 154 Å². The molecule has 0 bridgehead atoms. The molecule has 0 aliphatic heterocycles. The van der Waals surface area contributed by atoms with Crippen LogP contribution < -0.4 is 4.90 Å². The highest BCUT2D eigenvalue weighted by Gasteiger charge is 2.36. The molecule has 0 spiro atoms. The lowest BCUT2D eigenvalue weighted by Gasteiger charge is -2.30. The number of nitrogens with zero attached hydrogens (tertiary/aromatic N) is 1. The molecule has 11 rings (SSSR count). The largest absolute Gasteiger partial charge is 0.456 e.